The number of fused-ring (bicyclic) bond motifs is 1. The third kappa shape index (κ3) is 4.91. The topological polar surface area (TPSA) is 88.9 Å². The first-order valence-electron chi connectivity index (χ1n) is 12.6. The zero-order valence-corrected chi connectivity index (χ0v) is 21.4. The highest BCUT2D eigenvalue weighted by Crippen LogP contribution is 2.33. The average molecular weight is 487 g/mol. The first-order chi connectivity index (χ1) is 17.3. The van der Waals surface area contributed by atoms with Crippen molar-refractivity contribution < 1.29 is 4.74 Å². The second-order valence-corrected chi connectivity index (χ2v) is 10.7. The lowest BCUT2D eigenvalue weighted by Gasteiger charge is -2.37. The minimum absolute atomic E-state index is 0.118. The van der Waals surface area contributed by atoms with Gasteiger partial charge in [-0.1, -0.05) is 30.3 Å². The largest absolute Gasteiger partial charge is 0.497 e. The van der Waals surface area contributed by atoms with Gasteiger partial charge >= 0.3 is 0 Å². The summed E-state index contributed by atoms with van der Waals surface area (Å²) in [4.78, 5) is 18.9. The second-order valence-electron chi connectivity index (χ2n) is 10.7. The molecule has 0 spiro atoms. The number of tetrazole rings is 1. The number of aromatic nitrogens is 5. The minimum atomic E-state index is -0.351. The van der Waals surface area contributed by atoms with Crippen LogP contribution in [0.25, 0.3) is 10.9 Å². The Morgan fingerprint density at radius 1 is 1.08 bits per heavy atom. The van der Waals surface area contributed by atoms with E-state index in [1.807, 2.05) is 28.9 Å². The number of nitrogens with one attached hydrogen (secondary N) is 1. The number of H-pyrrole nitrogens is 1. The summed E-state index contributed by atoms with van der Waals surface area (Å²) in [6, 6.07) is 18.0. The summed E-state index contributed by atoms with van der Waals surface area (Å²) in [6.45, 7) is 7.96. The molecule has 3 heterocycles. The molecule has 1 atom stereocenters. The smallest absolute Gasteiger partial charge is 0.253 e. The Balaban J connectivity index is 1.52. The van der Waals surface area contributed by atoms with Crippen LogP contribution in [-0.4, -0.2) is 50.3 Å². The number of pyridine rings is 1. The molecule has 1 aliphatic rings. The Kier molecular flexibility index (Phi) is 6.62. The van der Waals surface area contributed by atoms with Crippen molar-refractivity contribution in [1.29, 1.82) is 0 Å². The molecule has 36 heavy (non-hydrogen) atoms. The molecule has 0 saturated carbocycles. The number of ether oxygens (including phenoxy) is 1. The molecule has 0 amide bonds. The van der Waals surface area contributed by atoms with Crippen LogP contribution < -0.4 is 10.3 Å². The molecule has 8 heteroatoms. The van der Waals surface area contributed by atoms with Crippen molar-refractivity contribution in [2.45, 2.75) is 51.6 Å². The molecule has 1 aliphatic heterocycles. The molecule has 1 N–H and O–H groups in total. The van der Waals surface area contributed by atoms with Gasteiger partial charge in [0.05, 0.1) is 12.6 Å². The molecule has 8 nitrogen and oxygen atoms in total. The van der Waals surface area contributed by atoms with Crippen molar-refractivity contribution in [2.24, 2.45) is 5.92 Å². The Hall–Kier alpha value is -3.52. The average Bonchev–Trinajstić information content (AvgIpc) is 3.36. The predicted molar refractivity (Wildman–Crippen MR) is 140 cm³/mol. The van der Waals surface area contributed by atoms with E-state index in [0.717, 1.165) is 49.0 Å². The maximum Gasteiger partial charge on any atom is 0.253 e. The van der Waals surface area contributed by atoms with Crippen molar-refractivity contribution in [3.8, 4) is 5.75 Å². The number of aromatic amines is 1. The highest BCUT2D eigenvalue weighted by molar-refractivity contribution is 5.80. The maximum absolute atomic E-state index is 13.4. The van der Waals surface area contributed by atoms with Crippen LogP contribution in [0.1, 0.15) is 56.6 Å². The minimum Gasteiger partial charge on any atom is -0.497 e. The zero-order chi connectivity index (χ0) is 25.3. The summed E-state index contributed by atoms with van der Waals surface area (Å²) < 4.78 is 7.28. The molecule has 0 bridgehead atoms. The van der Waals surface area contributed by atoms with E-state index in [1.54, 1.807) is 7.11 Å². The summed E-state index contributed by atoms with van der Waals surface area (Å²) >= 11 is 0. The van der Waals surface area contributed by atoms with Gasteiger partial charge in [0.25, 0.3) is 5.56 Å². The monoisotopic (exact) mass is 486 g/mol. The molecule has 5 rings (SSSR count). The SMILES string of the molecule is COc1ccc2[nH]c(=O)c(C(c3nnnn3C(C)(C)C)N3CCC(Cc4ccccc4)CC3)cc2c1. The molecule has 0 aliphatic carbocycles. The van der Waals surface area contributed by atoms with Crippen LogP contribution in [0.5, 0.6) is 5.75 Å². The Bertz CT molecular complexity index is 1380. The lowest BCUT2D eigenvalue weighted by Crippen LogP contribution is -2.42. The highest BCUT2D eigenvalue weighted by Gasteiger charge is 2.35. The summed E-state index contributed by atoms with van der Waals surface area (Å²) in [6.07, 6.45) is 3.19. The summed E-state index contributed by atoms with van der Waals surface area (Å²) in [5.41, 5.74) is 2.37. The van der Waals surface area contributed by atoms with Crippen LogP contribution in [0, 0.1) is 5.92 Å². The van der Waals surface area contributed by atoms with Gasteiger partial charge in [-0.3, -0.25) is 9.69 Å². The van der Waals surface area contributed by atoms with Crippen molar-refractivity contribution in [3.05, 3.63) is 81.9 Å². The number of nitrogens with zero attached hydrogens (tertiary/aromatic N) is 5. The van der Waals surface area contributed by atoms with E-state index in [2.05, 4.69) is 76.5 Å². The standard InChI is InChI=1S/C28H34N6O2/c1-28(2,3)34-26(30-31-32-34)25(23-18-21-17-22(36-4)10-11-24(21)29-27(23)35)33-14-12-20(13-15-33)16-19-8-6-5-7-9-19/h5-11,17-18,20,25H,12-16H2,1-4H3,(H,29,35). The molecule has 4 aromatic rings. The van der Waals surface area contributed by atoms with Gasteiger partial charge < -0.3 is 9.72 Å². The number of hydrogen-bond acceptors (Lipinski definition) is 6. The number of benzene rings is 2. The molecule has 2 aromatic heterocycles. The number of piperidine rings is 1. The van der Waals surface area contributed by atoms with E-state index in [4.69, 9.17) is 4.74 Å². The molecular weight excluding hydrogens is 452 g/mol. The van der Waals surface area contributed by atoms with Crippen molar-refractivity contribution in [2.75, 3.05) is 20.2 Å². The fourth-order valence-electron chi connectivity index (χ4n) is 5.24. The maximum atomic E-state index is 13.4. The van der Waals surface area contributed by atoms with Gasteiger partial charge in [-0.15, -0.1) is 5.10 Å². The molecule has 1 unspecified atom stereocenters. The molecule has 1 saturated heterocycles. The third-order valence-electron chi connectivity index (χ3n) is 7.13. The van der Waals surface area contributed by atoms with Crippen LogP contribution >= 0.6 is 0 Å². The van der Waals surface area contributed by atoms with Crippen molar-refractivity contribution in [3.63, 3.8) is 0 Å². The Morgan fingerprint density at radius 2 is 1.83 bits per heavy atom. The van der Waals surface area contributed by atoms with Gasteiger partial charge in [0.1, 0.15) is 11.8 Å². The normalized spacial score (nSPS) is 16.3. The van der Waals surface area contributed by atoms with Gasteiger partial charge in [0.2, 0.25) is 0 Å². The van der Waals surface area contributed by atoms with Crippen molar-refractivity contribution >= 4 is 10.9 Å². The van der Waals surface area contributed by atoms with Gasteiger partial charge in [0.15, 0.2) is 5.82 Å². The Morgan fingerprint density at radius 3 is 2.53 bits per heavy atom. The number of rotatable bonds is 6. The molecule has 188 valence electrons. The third-order valence-corrected chi connectivity index (χ3v) is 7.13. The summed E-state index contributed by atoms with van der Waals surface area (Å²) in [5.74, 6) is 2.05. The molecule has 0 radical (unpaired) electrons. The summed E-state index contributed by atoms with van der Waals surface area (Å²) in [5, 5.41) is 13.7. The molecule has 2 aromatic carbocycles. The fraction of sp³-hybridized carbons (Fsp3) is 0.429. The molecular formula is C28H34N6O2. The van der Waals surface area contributed by atoms with E-state index < -0.39 is 0 Å². The predicted octanol–water partition coefficient (Wildman–Crippen LogP) is 4.32. The fourth-order valence-corrected chi connectivity index (χ4v) is 5.24. The van der Waals surface area contributed by atoms with Crippen LogP contribution in [0.15, 0.2) is 59.4 Å². The van der Waals surface area contributed by atoms with Gasteiger partial charge in [0, 0.05) is 16.5 Å². The highest BCUT2D eigenvalue weighted by atomic mass is 16.5. The van der Waals surface area contributed by atoms with Crippen LogP contribution in [0.3, 0.4) is 0 Å². The second kappa shape index (κ2) is 9.85. The number of likely N-dealkylation sites (tertiary alicyclic amines) is 1. The van der Waals surface area contributed by atoms with E-state index in [1.165, 1.54) is 5.56 Å². The zero-order valence-electron chi connectivity index (χ0n) is 21.4. The first kappa shape index (κ1) is 24.2. The van der Waals surface area contributed by atoms with Crippen molar-refractivity contribution in [1.82, 2.24) is 30.1 Å². The quantitative estimate of drug-likeness (QED) is 0.437. The van der Waals surface area contributed by atoms with Gasteiger partial charge in [-0.25, -0.2) is 4.68 Å². The van der Waals surface area contributed by atoms with Crippen LogP contribution in [0.4, 0.5) is 0 Å². The lowest BCUT2D eigenvalue weighted by molar-refractivity contribution is 0.138. The van der Waals surface area contributed by atoms with Crippen LogP contribution in [-0.2, 0) is 12.0 Å². The first-order valence-corrected chi connectivity index (χ1v) is 12.6. The number of hydrogen-bond donors (Lipinski definition) is 1. The lowest BCUT2D eigenvalue weighted by atomic mass is 9.88. The van der Waals surface area contributed by atoms with E-state index in [-0.39, 0.29) is 17.1 Å². The van der Waals surface area contributed by atoms with E-state index >= 15 is 0 Å². The van der Waals surface area contributed by atoms with Gasteiger partial charge in [-0.2, -0.15) is 0 Å². The van der Waals surface area contributed by atoms with E-state index in [0.29, 0.717) is 17.3 Å². The van der Waals surface area contributed by atoms with Crippen LogP contribution in [0.2, 0.25) is 0 Å². The number of methoxy groups -OCH3 is 1. The van der Waals surface area contributed by atoms with E-state index in [9.17, 15) is 4.79 Å². The Labute approximate surface area is 211 Å². The van der Waals surface area contributed by atoms with Gasteiger partial charge in [-0.05, 0) is 99.3 Å². The summed E-state index contributed by atoms with van der Waals surface area (Å²) in [7, 11) is 1.65. The molecule has 1 fully saturated rings.